The van der Waals surface area contributed by atoms with E-state index in [-0.39, 0.29) is 28.7 Å². The first-order valence-corrected chi connectivity index (χ1v) is 12.2. The normalized spacial score (nSPS) is 11.8. The SMILES string of the molecule is Cc1ccc(C(C(=O)NCCC(C)C)N(Cc2ccccc2)C(=O)c2snc(C(N)=O)c2N)cc1. The van der Waals surface area contributed by atoms with E-state index in [9.17, 15) is 14.4 Å². The van der Waals surface area contributed by atoms with E-state index in [0.717, 1.165) is 29.1 Å². The van der Waals surface area contributed by atoms with Crippen LogP contribution in [-0.2, 0) is 11.3 Å². The highest BCUT2D eigenvalue weighted by Gasteiger charge is 2.34. The molecule has 8 nitrogen and oxygen atoms in total. The molecule has 0 spiro atoms. The zero-order valence-electron chi connectivity index (χ0n) is 20.2. The number of anilines is 1. The zero-order valence-corrected chi connectivity index (χ0v) is 21.0. The number of nitrogens with one attached hydrogen (secondary N) is 1. The van der Waals surface area contributed by atoms with E-state index in [1.165, 1.54) is 4.90 Å². The molecule has 0 radical (unpaired) electrons. The van der Waals surface area contributed by atoms with Gasteiger partial charge in [-0.15, -0.1) is 0 Å². The van der Waals surface area contributed by atoms with Gasteiger partial charge in [0.2, 0.25) is 5.91 Å². The van der Waals surface area contributed by atoms with Crippen molar-refractivity contribution in [1.82, 2.24) is 14.6 Å². The topological polar surface area (TPSA) is 131 Å². The van der Waals surface area contributed by atoms with Crippen molar-refractivity contribution in [2.45, 2.75) is 39.8 Å². The van der Waals surface area contributed by atoms with E-state index in [4.69, 9.17) is 11.5 Å². The van der Waals surface area contributed by atoms with Gasteiger partial charge in [0.15, 0.2) is 5.69 Å². The first-order chi connectivity index (χ1) is 16.7. The quantitative estimate of drug-likeness (QED) is 0.396. The lowest BCUT2D eigenvalue weighted by molar-refractivity contribution is -0.126. The summed E-state index contributed by atoms with van der Waals surface area (Å²) in [6.45, 7) is 6.76. The minimum absolute atomic E-state index is 0.0711. The molecule has 5 N–H and O–H groups in total. The van der Waals surface area contributed by atoms with Crippen molar-refractivity contribution in [3.05, 3.63) is 81.9 Å². The zero-order chi connectivity index (χ0) is 25.5. The lowest BCUT2D eigenvalue weighted by Crippen LogP contribution is -2.43. The second kappa shape index (κ2) is 11.6. The number of carbonyl (C=O) groups excluding carboxylic acids is 3. The Hall–Kier alpha value is -3.72. The number of nitrogens with two attached hydrogens (primary N) is 2. The molecule has 0 bridgehead atoms. The number of aromatic nitrogens is 1. The molecule has 1 heterocycles. The first-order valence-electron chi connectivity index (χ1n) is 11.4. The largest absolute Gasteiger partial charge is 0.395 e. The fourth-order valence-corrected chi connectivity index (χ4v) is 4.38. The molecule has 184 valence electrons. The molecule has 0 fully saturated rings. The maximum Gasteiger partial charge on any atom is 0.270 e. The molecule has 1 unspecified atom stereocenters. The molecule has 0 aliphatic carbocycles. The van der Waals surface area contributed by atoms with Crippen LogP contribution in [0, 0.1) is 12.8 Å². The van der Waals surface area contributed by atoms with Gasteiger partial charge in [0.05, 0.1) is 5.69 Å². The van der Waals surface area contributed by atoms with Crippen LogP contribution in [0.3, 0.4) is 0 Å². The van der Waals surface area contributed by atoms with Crippen LogP contribution >= 0.6 is 11.5 Å². The molecule has 1 atom stereocenters. The van der Waals surface area contributed by atoms with Gasteiger partial charge in [0.25, 0.3) is 11.8 Å². The summed E-state index contributed by atoms with van der Waals surface area (Å²) >= 11 is 0.801. The minimum Gasteiger partial charge on any atom is -0.395 e. The number of rotatable bonds is 10. The van der Waals surface area contributed by atoms with Gasteiger partial charge in [-0.05, 0) is 41.9 Å². The Morgan fingerprint density at radius 3 is 2.29 bits per heavy atom. The van der Waals surface area contributed by atoms with Crippen molar-refractivity contribution >= 4 is 34.9 Å². The minimum atomic E-state index is -0.922. The van der Waals surface area contributed by atoms with Crippen molar-refractivity contribution < 1.29 is 14.4 Å². The highest BCUT2D eigenvalue weighted by atomic mass is 32.1. The molecule has 3 amide bonds. The highest BCUT2D eigenvalue weighted by molar-refractivity contribution is 7.09. The van der Waals surface area contributed by atoms with E-state index >= 15 is 0 Å². The smallest absolute Gasteiger partial charge is 0.270 e. The summed E-state index contributed by atoms with van der Waals surface area (Å²) in [4.78, 5) is 40.6. The summed E-state index contributed by atoms with van der Waals surface area (Å²) in [6, 6.07) is 16.0. The van der Waals surface area contributed by atoms with Crippen LogP contribution in [-0.4, -0.2) is 33.5 Å². The van der Waals surface area contributed by atoms with E-state index in [0.29, 0.717) is 18.0 Å². The number of nitrogens with zero attached hydrogens (tertiary/aromatic N) is 2. The Morgan fingerprint density at radius 1 is 1.06 bits per heavy atom. The molecule has 0 saturated carbocycles. The number of nitrogen functional groups attached to an aromatic ring is 1. The second-order valence-corrected chi connectivity index (χ2v) is 9.62. The number of primary amides is 1. The molecule has 3 aromatic rings. The van der Waals surface area contributed by atoms with Gasteiger partial charge in [-0.2, -0.15) is 4.37 Å². The van der Waals surface area contributed by atoms with Crippen LogP contribution in [0.15, 0.2) is 54.6 Å². The predicted octanol–water partition coefficient (Wildman–Crippen LogP) is 3.68. The molecule has 1 aromatic heterocycles. The lowest BCUT2D eigenvalue weighted by atomic mass is 10.0. The van der Waals surface area contributed by atoms with Gasteiger partial charge in [-0.25, -0.2) is 0 Å². The van der Waals surface area contributed by atoms with Crippen molar-refractivity contribution in [2.75, 3.05) is 12.3 Å². The third kappa shape index (κ3) is 6.45. The maximum atomic E-state index is 13.9. The fourth-order valence-electron chi connectivity index (χ4n) is 3.62. The van der Waals surface area contributed by atoms with Crippen LogP contribution in [0.1, 0.15) is 63.2 Å². The monoisotopic (exact) mass is 493 g/mol. The number of carbonyl (C=O) groups is 3. The van der Waals surface area contributed by atoms with Gasteiger partial charge in [0, 0.05) is 13.1 Å². The summed E-state index contributed by atoms with van der Waals surface area (Å²) in [7, 11) is 0. The van der Waals surface area contributed by atoms with Crippen LogP contribution < -0.4 is 16.8 Å². The Balaban J connectivity index is 2.07. The number of benzene rings is 2. The van der Waals surface area contributed by atoms with Crippen molar-refractivity contribution in [1.29, 1.82) is 0 Å². The summed E-state index contributed by atoms with van der Waals surface area (Å²) in [6.07, 6.45) is 0.808. The average Bonchev–Trinajstić information content (AvgIpc) is 3.21. The summed E-state index contributed by atoms with van der Waals surface area (Å²) in [5.74, 6) is -1.19. The van der Waals surface area contributed by atoms with Crippen LogP contribution in [0.25, 0.3) is 0 Å². The standard InChI is InChI=1S/C26H31N5O3S/c1-16(2)13-14-29-25(33)22(19-11-9-17(3)10-12-19)31(15-18-7-5-4-6-8-18)26(34)23-20(27)21(24(28)32)30-35-23/h4-12,16,22H,13-15,27H2,1-3H3,(H2,28,32)(H,29,33). The number of amides is 3. The molecule has 2 aromatic carbocycles. The van der Waals surface area contributed by atoms with Crippen molar-refractivity contribution in [3.8, 4) is 0 Å². The van der Waals surface area contributed by atoms with Crippen LogP contribution in [0.2, 0.25) is 0 Å². The van der Waals surface area contributed by atoms with Crippen LogP contribution in [0.4, 0.5) is 5.69 Å². The van der Waals surface area contributed by atoms with Gasteiger partial charge in [-0.1, -0.05) is 74.0 Å². The van der Waals surface area contributed by atoms with Crippen molar-refractivity contribution in [3.63, 3.8) is 0 Å². The highest BCUT2D eigenvalue weighted by Crippen LogP contribution is 2.30. The molecular formula is C26H31N5O3S. The summed E-state index contributed by atoms with van der Waals surface area (Å²) in [5.41, 5.74) is 13.8. The van der Waals surface area contributed by atoms with Gasteiger partial charge in [0.1, 0.15) is 10.9 Å². The number of hydrogen-bond acceptors (Lipinski definition) is 6. The lowest BCUT2D eigenvalue weighted by Gasteiger charge is -2.31. The molecule has 0 aliphatic rings. The summed E-state index contributed by atoms with van der Waals surface area (Å²) in [5, 5.41) is 2.99. The van der Waals surface area contributed by atoms with Gasteiger partial charge >= 0.3 is 0 Å². The van der Waals surface area contributed by atoms with Gasteiger partial charge in [-0.3, -0.25) is 14.4 Å². The van der Waals surface area contributed by atoms with E-state index in [1.54, 1.807) is 0 Å². The molecule has 9 heteroatoms. The van der Waals surface area contributed by atoms with E-state index in [2.05, 4.69) is 23.5 Å². The molecular weight excluding hydrogens is 462 g/mol. The third-order valence-corrected chi connectivity index (χ3v) is 6.44. The average molecular weight is 494 g/mol. The molecule has 0 saturated heterocycles. The predicted molar refractivity (Wildman–Crippen MR) is 138 cm³/mol. The summed E-state index contributed by atoms with van der Waals surface area (Å²) < 4.78 is 3.98. The third-order valence-electron chi connectivity index (χ3n) is 5.59. The molecule has 3 rings (SSSR count). The second-order valence-electron chi connectivity index (χ2n) is 8.84. The van der Waals surface area contributed by atoms with Crippen molar-refractivity contribution in [2.24, 2.45) is 11.7 Å². The van der Waals surface area contributed by atoms with E-state index in [1.807, 2.05) is 61.5 Å². The Bertz CT molecular complexity index is 1180. The first kappa shape index (κ1) is 25.9. The van der Waals surface area contributed by atoms with Crippen LogP contribution in [0.5, 0.6) is 0 Å². The van der Waals surface area contributed by atoms with Gasteiger partial charge < -0.3 is 21.7 Å². The Labute approximate surface area is 209 Å². The molecule has 0 aliphatic heterocycles. The maximum absolute atomic E-state index is 13.9. The fraction of sp³-hybridized carbons (Fsp3) is 0.308. The number of aryl methyl sites for hydroxylation is 1. The molecule has 35 heavy (non-hydrogen) atoms. The number of hydrogen-bond donors (Lipinski definition) is 3. The Morgan fingerprint density at radius 2 is 1.71 bits per heavy atom. The van der Waals surface area contributed by atoms with E-state index < -0.39 is 17.9 Å². The Kier molecular flexibility index (Phi) is 8.59.